The smallest absolute Gasteiger partial charge is 0.243 e. The Bertz CT molecular complexity index is 993. The Kier molecular flexibility index (Phi) is 5.08. The van der Waals surface area contributed by atoms with E-state index in [1.165, 1.54) is 0 Å². The molecule has 8 nitrogen and oxygen atoms in total. The van der Waals surface area contributed by atoms with E-state index >= 15 is 0 Å². The van der Waals surface area contributed by atoms with Gasteiger partial charge in [0.1, 0.15) is 0 Å². The molecule has 0 bridgehead atoms. The normalized spacial score (nSPS) is 18.1. The topological polar surface area (TPSA) is 83.3 Å². The predicted molar refractivity (Wildman–Crippen MR) is 107 cm³/mol. The number of nitrogens with one attached hydrogen (secondary N) is 1. The molecule has 2 aromatic carbocycles. The third-order valence-corrected chi connectivity index (χ3v) is 5.39. The molecular weight excluding hydrogens is 426 g/mol. The summed E-state index contributed by atoms with van der Waals surface area (Å²) < 4.78 is 19.5. The van der Waals surface area contributed by atoms with Gasteiger partial charge in [-0.2, -0.15) is 0 Å². The number of anilines is 1. The number of aromatic nitrogens is 4. The molecule has 0 amide bonds. The first kappa shape index (κ1) is 18.5. The molecule has 1 aromatic heterocycles. The molecule has 28 heavy (non-hydrogen) atoms. The lowest BCUT2D eigenvalue weighted by molar-refractivity contribution is 0.315. The lowest BCUT2D eigenvalue weighted by atomic mass is 9.92. The fourth-order valence-corrected chi connectivity index (χ4v) is 4.04. The molecule has 4 rings (SSSR count). The van der Waals surface area contributed by atoms with Crippen LogP contribution >= 0.6 is 15.9 Å². The molecule has 2 atom stereocenters. The van der Waals surface area contributed by atoms with Crippen molar-refractivity contribution in [2.75, 3.05) is 26.6 Å². The van der Waals surface area contributed by atoms with Crippen LogP contribution in [0.2, 0.25) is 0 Å². The largest absolute Gasteiger partial charge is 0.493 e. The van der Waals surface area contributed by atoms with Gasteiger partial charge in [0.2, 0.25) is 11.7 Å². The lowest BCUT2D eigenvalue weighted by Gasteiger charge is -2.32. The van der Waals surface area contributed by atoms with E-state index in [1.54, 1.807) is 26.0 Å². The van der Waals surface area contributed by atoms with Gasteiger partial charge >= 0.3 is 0 Å². The van der Waals surface area contributed by atoms with Gasteiger partial charge in [0.25, 0.3) is 0 Å². The van der Waals surface area contributed by atoms with E-state index in [0.29, 0.717) is 23.2 Å². The summed E-state index contributed by atoms with van der Waals surface area (Å²) in [6.45, 7) is 0. The number of hydrogen-bond donors (Lipinski definition) is 1. The van der Waals surface area contributed by atoms with Gasteiger partial charge in [-0.05, 0) is 46.7 Å². The van der Waals surface area contributed by atoms with Crippen LogP contribution in [0.3, 0.4) is 0 Å². The van der Waals surface area contributed by atoms with E-state index in [1.807, 2.05) is 24.3 Å². The molecule has 0 fully saturated rings. The van der Waals surface area contributed by atoms with E-state index in [0.717, 1.165) is 22.0 Å². The van der Waals surface area contributed by atoms with Gasteiger partial charge in [-0.25, -0.2) is 4.68 Å². The molecule has 2 heterocycles. The molecule has 3 aromatic rings. The first-order valence-corrected chi connectivity index (χ1v) is 9.54. The van der Waals surface area contributed by atoms with Crippen LogP contribution in [0, 0.1) is 0 Å². The molecule has 0 saturated heterocycles. The van der Waals surface area contributed by atoms with Gasteiger partial charge < -0.3 is 19.5 Å². The van der Waals surface area contributed by atoms with E-state index in [2.05, 4.69) is 48.9 Å². The summed E-state index contributed by atoms with van der Waals surface area (Å²) in [5, 5.41) is 15.6. The highest BCUT2D eigenvalue weighted by Crippen LogP contribution is 2.46. The van der Waals surface area contributed by atoms with Crippen molar-refractivity contribution in [3.63, 3.8) is 0 Å². The second-order valence-electron chi connectivity index (χ2n) is 6.37. The summed E-state index contributed by atoms with van der Waals surface area (Å²) in [5.41, 5.74) is 2.07. The summed E-state index contributed by atoms with van der Waals surface area (Å²) in [5.74, 6) is 2.38. The number of rotatable bonds is 5. The molecular formula is C19H20BrN5O3. The Labute approximate surface area is 170 Å². The lowest BCUT2D eigenvalue weighted by Crippen LogP contribution is -2.28. The van der Waals surface area contributed by atoms with E-state index < -0.39 is 0 Å². The van der Waals surface area contributed by atoms with Crippen molar-refractivity contribution < 1.29 is 14.2 Å². The predicted octanol–water partition coefficient (Wildman–Crippen LogP) is 3.61. The van der Waals surface area contributed by atoms with Crippen molar-refractivity contribution in [3.05, 3.63) is 52.0 Å². The van der Waals surface area contributed by atoms with Crippen molar-refractivity contribution in [2.24, 2.45) is 0 Å². The second kappa shape index (κ2) is 7.67. The Morgan fingerprint density at radius 1 is 1.07 bits per heavy atom. The minimum Gasteiger partial charge on any atom is -0.493 e. The Morgan fingerprint density at radius 3 is 2.61 bits per heavy atom. The van der Waals surface area contributed by atoms with Crippen LogP contribution in [0.1, 0.15) is 29.6 Å². The highest BCUT2D eigenvalue weighted by atomic mass is 79.9. The molecule has 146 valence electrons. The third kappa shape index (κ3) is 3.15. The first-order chi connectivity index (χ1) is 13.7. The van der Waals surface area contributed by atoms with Gasteiger partial charge in [-0.15, -0.1) is 0 Å². The van der Waals surface area contributed by atoms with E-state index in [9.17, 15) is 0 Å². The van der Waals surface area contributed by atoms with Gasteiger partial charge in [0.15, 0.2) is 11.5 Å². The minimum atomic E-state index is -0.134. The van der Waals surface area contributed by atoms with Gasteiger partial charge in [0, 0.05) is 10.0 Å². The van der Waals surface area contributed by atoms with Crippen LogP contribution in [0.15, 0.2) is 40.9 Å². The Hall–Kier alpha value is -2.81. The molecule has 9 heteroatoms. The third-order valence-electron chi connectivity index (χ3n) is 4.90. The Morgan fingerprint density at radius 2 is 1.89 bits per heavy atom. The number of tetrazole rings is 1. The fourth-order valence-electron chi connectivity index (χ4n) is 3.62. The van der Waals surface area contributed by atoms with Crippen molar-refractivity contribution in [3.8, 4) is 17.2 Å². The molecule has 0 unspecified atom stereocenters. The fraction of sp³-hybridized carbons (Fsp3) is 0.316. The molecule has 1 aliphatic heterocycles. The molecule has 1 aliphatic rings. The summed E-state index contributed by atoms with van der Waals surface area (Å²) in [7, 11) is 4.82. The second-order valence-corrected chi connectivity index (χ2v) is 7.29. The van der Waals surface area contributed by atoms with Gasteiger partial charge in [-0.1, -0.05) is 33.2 Å². The first-order valence-electron chi connectivity index (χ1n) is 8.75. The van der Waals surface area contributed by atoms with Crippen molar-refractivity contribution >= 4 is 21.9 Å². The van der Waals surface area contributed by atoms with Crippen LogP contribution in [-0.2, 0) is 0 Å². The van der Waals surface area contributed by atoms with Crippen LogP contribution in [0.5, 0.6) is 17.2 Å². The zero-order valence-corrected chi connectivity index (χ0v) is 17.3. The van der Waals surface area contributed by atoms with Crippen LogP contribution in [0.4, 0.5) is 5.95 Å². The number of benzene rings is 2. The monoisotopic (exact) mass is 445 g/mol. The average molecular weight is 446 g/mol. The highest BCUT2D eigenvalue weighted by molar-refractivity contribution is 9.10. The molecule has 0 saturated carbocycles. The number of nitrogens with zero attached hydrogens (tertiary/aromatic N) is 4. The average Bonchev–Trinajstić information content (AvgIpc) is 3.20. The standard InChI is InChI=1S/C19H20BrN5O3/c1-26-16-8-7-13(17(27-2)18(16)28-3)15-10-14(11-5-4-6-12(20)9-11)21-19-22-23-24-25(15)19/h4-9,14-15H,10H2,1-3H3,(H,21,22,24)/t14-,15+/m0/s1. The maximum atomic E-state index is 5.70. The number of ether oxygens (including phenoxy) is 3. The van der Waals surface area contributed by atoms with E-state index in [-0.39, 0.29) is 12.1 Å². The van der Waals surface area contributed by atoms with E-state index in [4.69, 9.17) is 14.2 Å². The van der Waals surface area contributed by atoms with Gasteiger partial charge in [-0.3, -0.25) is 0 Å². The minimum absolute atomic E-state index is 0.0406. The SMILES string of the molecule is COc1ccc([C@H]2C[C@@H](c3cccc(Br)c3)Nc3nnnn32)c(OC)c1OC. The zero-order chi connectivity index (χ0) is 19.7. The summed E-state index contributed by atoms with van der Waals surface area (Å²) in [6.07, 6.45) is 0.736. The number of methoxy groups -OCH3 is 3. The number of hydrogen-bond acceptors (Lipinski definition) is 7. The van der Waals surface area contributed by atoms with Crippen LogP contribution in [0.25, 0.3) is 0 Å². The number of halogens is 1. The molecule has 0 aliphatic carbocycles. The molecule has 0 radical (unpaired) electrons. The van der Waals surface area contributed by atoms with Crippen molar-refractivity contribution in [1.29, 1.82) is 0 Å². The molecule has 1 N–H and O–H groups in total. The number of fused-ring (bicyclic) bond motifs is 1. The summed E-state index contributed by atoms with van der Waals surface area (Å²) in [4.78, 5) is 0. The molecule has 0 spiro atoms. The van der Waals surface area contributed by atoms with Gasteiger partial charge in [0.05, 0.1) is 33.4 Å². The zero-order valence-electron chi connectivity index (χ0n) is 15.7. The maximum Gasteiger partial charge on any atom is 0.243 e. The highest BCUT2D eigenvalue weighted by Gasteiger charge is 2.34. The quantitative estimate of drug-likeness (QED) is 0.641. The summed E-state index contributed by atoms with van der Waals surface area (Å²) in [6, 6.07) is 12.0. The summed E-state index contributed by atoms with van der Waals surface area (Å²) >= 11 is 3.55. The van der Waals surface area contributed by atoms with Crippen LogP contribution in [-0.4, -0.2) is 41.5 Å². The van der Waals surface area contributed by atoms with Crippen molar-refractivity contribution in [2.45, 2.75) is 18.5 Å². The maximum absolute atomic E-state index is 5.70. The Balaban J connectivity index is 1.81. The van der Waals surface area contributed by atoms with Crippen LogP contribution < -0.4 is 19.5 Å². The van der Waals surface area contributed by atoms with Crippen molar-refractivity contribution in [1.82, 2.24) is 20.2 Å².